The van der Waals surface area contributed by atoms with Gasteiger partial charge in [-0.15, -0.1) is 0 Å². The van der Waals surface area contributed by atoms with Crippen LogP contribution in [-0.4, -0.2) is 11.3 Å². The third-order valence-corrected chi connectivity index (χ3v) is 2.58. The minimum atomic E-state index is -4.99. The standard InChI is InChI=1S/C8H3BrF5NO/c9-5-3(2-16)1-15-6(8(12,13)14)4(5)7(10)11/h1-2,7H. The third kappa shape index (κ3) is 2.37. The van der Waals surface area contributed by atoms with E-state index in [1.165, 1.54) is 0 Å². The molecule has 0 aromatic carbocycles. The maximum atomic E-state index is 12.4. The van der Waals surface area contributed by atoms with E-state index in [1.54, 1.807) is 0 Å². The largest absolute Gasteiger partial charge is 0.433 e. The molecule has 0 aliphatic rings. The number of pyridine rings is 1. The average molecular weight is 304 g/mol. The lowest BCUT2D eigenvalue weighted by atomic mass is 10.1. The van der Waals surface area contributed by atoms with Gasteiger partial charge >= 0.3 is 6.18 Å². The molecule has 1 aromatic heterocycles. The Morgan fingerprint density at radius 2 is 1.94 bits per heavy atom. The van der Waals surface area contributed by atoms with Crippen LogP contribution in [0.15, 0.2) is 10.7 Å². The molecule has 0 bridgehead atoms. The van der Waals surface area contributed by atoms with Crippen molar-refractivity contribution in [3.05, 3.63) is 27.5 Å². The second-order valence-electron chi connectivity index (χ2n) is 2.71. The van der Waals surface area contributed by atoms with E-state index in [-0.39, 0.29) is 11.8 Å². The number of halogens is 6. The number of hydrogen-bond acceptors (Lipinski definition) is 2. The zero-order valence-corrected chi connectivity index (χ0v) is 8.94. The zero-order chi connectivity index (χ0) is 12.5. The molecule has 0 amide bonds. The van der Waals surface area contributed by atoms with Gasteiger partial charge in [-0.1, -0.05) is 0 Å². The first-order chi connectivity index (χ1) is 7.29. The quantitative estimate of drug-likeness (QED) is 0.617. The molecule has 0 fully saturated rings. The van der Waals surface area contributed by atoms with Gasteiger partial charge in [-0.05, 0) is 15.9 Å². The van der Waals surface area contributed by atoms with Gasteiger partial charge in [-0.25, -0.2) is 8.78 Å². The Morgan fingerprint density at radius 1 is 1.38 bits per heavy atom. The number of carbonyl (C=O) groups is 1. The van der Waals surface area contributed by atoms with Crippen molar-refractivity contribution in [1.82, 2.24) is 4.98 Å². The van der Waals surface area contributed by atoms with E-state index in [1.807, 2.05) is 0 Å². The molecule has 0 aliphatic carbocycles. The lowest BCUT2D eigenvalue weighted by Crippen LogP contribution is -2.14. The maximum absolute atomic E-state index is 12.4. The molecule has 16 heavy (non-hydrogen) atoms. The lowest BCUT2D eigenvalue weighted by Gasteiger charge is -2.13. The number of aldehydes is 1. The molecule has 0 saturated heterocycles. The molecule has 1 rings (SSSR count). The summed E-state index contributed by atoms with van der Waals surface area (Å²) in [5.74, 6) is 0. The molecule has 0 atom stereocenters. The lowest BCUT2D eigenvalue weighted by molar-refractivity contribution is -0.143. The van der Waals surface area contributed by atoms with Crippen LogP contribution < -0.4 is 0 Å². The Hall–Kier alpha value is -1.05. The van der Waals surface area contributed by atoms with Crippen molar-refractivity contribution in [3.63, 3.8) is 0 Å². The highest BCUT2D eigenvalue weighted by Gasteiger charge is 2.39. The Balaban J connectivity index is 3.53. The van der Waals surface area contributed by atoms with Gasteiger partial charge in [0.05, 0.1) is 5.56 Å². The van der Waals surface area contributed by atoms with Gasteiger partial charge in [-0.2, -0.15) is 13.2 Å². The molecule has 1 aromatic rings. The van der Waals surface area contributed by atoms with E-state index in [4.69, 9.17) is 0 Å². The average Bonchev–Trinajstić information content (AvgIpc) is 2.15. The van der Waals surface area contributed by atoms with Crippen molar-refractivity contribution in [2.75, 3.05) is 0 Å². The zero-order valence-electron chi connectivity index (χ0n) is 7.36. The van der Waals surface area contributed by atoms with Gasteiger partial charge in [0.1, 0.15) is 0 Å². The second-order valence-corrected chi connectivity index (χ2v) is 3.50. The van der Waals surface area contributed by atoms with E-state index in [0.29, 0.717) is 6.20 Å². The first kappa shape index (κ1) is 13.0. The fourth-order valence-corrected chi connectivity index (χ4v) is 1.58. The summed E-state index contributed by atoms with van der Waals surface area (Å²) < 4.78 is 61.3. The molecule has 0 unspecified atom stereocenters. The highest BCUT2D eigenvalue weighted by Crippen LogP contribution is 2.39. The molecule has 0 N–H and O–H groups in total. The summed E-state index contributed by atoms with van der Waals surface area (Å²) in [5, 5.41) is 0. The molecule has 8 heteroatoms. The first-order valence-corrected chi connectivity index (χ1v) is 4.57. The SMILES string of the molecule is O=Cc1cnc(C(F)(F)F)c(C(F)F)c1Br. The van der Waals surface area contributed by atoms with Gasteiger partial charge in [0.15, 0.2) is 12.0 Å². The number of hydrogen-bond donors (Lipinski definition) is 0. The van der Waals surface area contributed by atoms with Crippen LogP contribution in [0.5, 0.6) is 0 Å². The second kappa shape index (κ2) is 4.44. The number of carbonyl (C=O) groups excluding carboxylic acids is 1. The minimum absolute atomic E-state index is 0.142. The fraction of sp³-hybridized carbons (Fsp3) is 0.250. The number of aromatic nitrogens is 1. The molecular weight excluding hydrogens is 301 g/mol. The molecule has 0 radical (unpaired) electrons. The van der Waals surface area contributed by atoms with Crippen molar-refractivity contribution >= 4 is 22.2 Å². The topological polar surface area (TPSA) is 30.0 Å². The number of alkyl halides is 5. The number of nitrogens with zero attached hydrogens (tertiary/aromatic N) is 1. The molecule has 2 nitrogen and oxygen atoms in total. The normalized spacial score (nSPS) is 11.9. The minimum Gasteiger partial charge on any atom is -0.298 e. The van der Waals surface area contributed by atoms with Gasteiger partial charge in [0.25, 0.3) is 6.43 Å². The van der Waals surface area contributed by atoms with Crippen LogP contribution in [-0.2, 0) is 6.18 Å². The van der Waals surface area contributed by atoms with Crippen molar-refractivity contribution in [2.45, 2.75) is 12.6 Å². The highest BCUT2D eigenvalue weighted by molar-refractivity contribution is 9.10. The van der Waals surface area contributed by atoms with Crippen molar-refractivity contribution < 1.29 is 26.7 Å². The monoisotopic (exact) mass is 303 g/mol. The molecule has 1 heterocycles. The van der Waals surface area contributed by atoms with Crippen LogP contribution in [0.25, 0.3) is 0 Å². The van der Waals surface area contributed by atoms with E-state index in [0.717, 1.165) is 0 Å². The van der Waals surface area contributed by atoms with Crippen LogP contribution in [0.3, 0.4) is 0 Å². The van der Waals surface area contributed by atoms with Crippen LogP contribution in [0.2, 0.25) is 0 Å². The fourth-order valence-electron chi connectivity index (χ4n) is 1.03. The van der Waals surface area contributed by atoms with Crippen LogP contribution in [0.1, 0.15) is 28.0 Å². The summed E-state index contributed by atoms with van der Waals surface area (Å²) in [4.78, 5) is 13.2. The molecule has 0 saturated carbocycles. The maximum Gasteiger partial charge on any atom is 0.433 e. The molecule has 88 valence electrons. The van der Waals surface area contributed by atoms with E-state index >= 15 is 0 Å². The van der Waals surface area contributed by atoms with E-state index in [9.17, 15) is 26.7 Å². The molecule has 0 spiro atoms. The smallest absolute Gasteiger partial charge is 0.298 e. The van der Waals surface area contributed by atoms with E-state index in [2.05, 4.69) is 20.9 Å². The van der Waals surface area contributed by atoms with Gasteiger partial charge in [0.2, 0.25) is 0 Å². The first-order valence-electron chi connectivity index (χ1n) is 3.78. The van der Waals surface area contributed by atoms with Gasteiger partial charge in [0, 0.05) is 16.2 Å². The predicted octanol–water partition coefficient (Wildman–Crippen LogP) is 3.61. The summed E-state index contributed by atoms with van der Waals surface area (Å²) in [6, 6.07) is 0. The Morgan fingerprint density at radius 3 is 2.31 bits per heavy atom. The van der Waals surface area contributed by atoms with Crippen molar-refractivity contribution in [2.24, 2.45) is 0 Å². The van der Waals surface area contributed by atoms with Crippen LogP contribution >= 0.6 is 15.9 Å². The summed E-state index contributed by atoms with van der Waals surface area (Å²) >= 11 is 2.53. The summed E-state index contributed by atoms with van der Waals surface area (Å²) in [6.07, 6.45) is -7.64. The van der Waals surface area contributed by atoms with Gasteiger partial charge in [-0.3, -0.25) is 9.78 Å². The van der Waals surface area contributed by atoms with Crippen molar-refractivity contribution in [1.29, 1.82) is 0 Å². The van der Waals surface area contributed by atoms with E-state index < -0.39 is 28.3 Å². The predicted molar refractivity (Wildman–Crippen MR) is 47.3 cm³/mol. The summed E-state index contributed by atoms with van der Waals surface area (Å²) in [6.45, 7) is 0. The number of rotatable bonds is 2. The Labute approximate surface area is 94.6 Å². The Kier molecular flexibility index (Phi) is 3.61. The molecular formula is C8H3BrF5NO. The summed E-state index contributed by atoms with van der Waals surface area (Å²) in [7, 11) is 0. The van der Waals surface area contributed by atoms with Crippen molar-refractivity contribution in [3.8, 4) is 0 Å². The van der Waals surface area contributed by atoms with Crippen LogP contribution in [0, 0.1) is 0 Å². The Bertz CT molecular complexity index is 418. The van der Waals surface area contributed by atoms with Crippen LogP contribution in [0.4, 0.5) is 22.0 Å². The molecule has 0 aliphatic heterocycles. The third-order valence-electron chi connectivity index (χ3n) is 1.69. The van der Waals surface area contributed by atoms with Gasteiger partial charge < -0.3 is 0 Å². The highest BCUT2D eigenvalue weighted by atomic mass is 79.9. The summed E-state index contributed by atoms with van der Waals surface area (Å²) in [5.41, 5.74) is -3.37.